The van der Waals surface area contributed by atoms with Gasteiger partial charge in [0.05, 0.1) is 17.6 Å². The highest BCUT2D eigenvalue weighted by molar-refractivity contribution is 6.09. The van der Waals surface area contributed by atoms with Crippen LogP contribution in [0, 0.1) is 17.0 Å². The summed E-state index contributed by atoms with van der Waals surface area (Å²) in [5.74, 6) is 3.33. The Balaban J connectivity index is 2.25. The van der Waals surface area contributed by atoms with Crippen LogP contribution in [0.1, 0.15) is 11.4 Å². The molecule has 7 N–H and O–H groups in total. The summed E-state index contributed by atoms with van der Waals surface area (Å²) in [5, 5.41) is 14.1. The standard InChI is InChI=1S/C15H15F2N7O/c16-9-4-2-1-3-8(9)6-21-12(13(19)24-20)5-11(18)14-22-7-10(17)15(25)23-14/h1-5,7,18,21H,6,20H2,(H2,19,24)(H,22,23,25)/b12-5-,18-11?. The van der Waals surface area contributed by atoms with Gasteiger partial charge in [0.25, 0.3) is 5.56 Å². The van der Waals surface area contributed by atoms with Gasteiger partial charge >= 0.3 is 0 Å². The third-order valence-electron chi connectivity index (χ3n) is 3.14. The maximum Gasteiger partial charge on any atom is 0.287 e. The Kier molecular flexibility index (Phi) is 5.56. The molecule has 25 heavy (non-hydrogen) atoms. The second-order valence-electron chi connectivity index (χ2n) is 4.84. The summed E-state index contributed by atoms with van der Waals surface area (Å²) < 4.78 is 26.6. The minimum atomic E-state index is -1.07. The molecule has 0 saturated heterocycles. The lowest BCUT2D eigenvalue weighted by molar-refractivity contribution is 0.599. The Hall–Kier alpha value is -3.56. The van der Waals surface area contributed by atoms with Gasteiger partial charge < -0.3 is 21.9 Å². The molecule has 0 aliphatic carbocycles. The summed E-state index contributed by atoms with van der Waals surface area (Å²) in [6, 6.07) is 6.09. The molecular formula is C15H15F2N7O. The second-order valence-corrected chi connectivity index (χ2v) is 4.84. The number of H-pyrrole nitrogens is 1. The average Bonchev–Trinajstić information content (AvgIpc) is 2.61. The Morgan fingerprint density at radius 3 is 2.72 bits per heavy atom. The van der Waals surface area contributed by atoms with E-state index >= 15 is 0 Å². The van der Waals surface area contributed by atoms with Crippen LogP contribution >= 0.6 is 0 Å². The first-order chi connectivity index (χ1) is 11.9. The van der Waals surface area contributed by atoms with E-state index in [4.69, 9.17) is 17.0 Å². The lowest BCUT2D eigenvalue weighted by atomic mass is 10.2. The minimum Gasteiger partial charge on any atom is -0.381 e. The number of nitrogens with two attached hydrogens (primary N) is 2. The molecule has 130 valence electrons. The Morgan fingerprint density at radius 2 is 2.08 bits per heavy atom. The molecule has 10 heteroatoms. The van der Waals surface area contributed by atoms with E-state index in [2.05, 4.69) is 20.4 Å². The van der Waals surface area contributed by atoms with E-state index in [1.807, 2.05) is 0 Å². The van der Waals surface area contributed by atoms with Crippen LogP contribution in [0.3, 0.4) is 0 Å². The van der Waals surface area contributed by atoms with Crippen molar-refractivity contribution in [3.8, 4) is 0 Å². The van der Waals surface area contributed by atoms with Crippen LogP contribution in [0.2, 0.25) is 0 Å². The number of amidine groups is 1. The molecule has 0 atom stereocenters. The number of aromatic amines is 1. The predicted molar refractivity (Wildman–Crippen MR) is 88.8 cm³/mol. The van der Waals surface area contributed by atoms with Crippen molar-refractivity contribution in [1.29, 1.82) is 5.41 Å². The van der Waals surface area contributed by atoms with Gasteiger partial charge in [-0.05, 0) is 12.1 Å². The van der Waals surface area contributed by atoms with Crippen LogP contribution in [0.25, 0.3) is 0 Å². The highest BCUT2D eigenvalue weighted by atomic mass is 19.1. The maximum absolute atomic E-state index is 13.7. The van der Waals surface area contributed by atoms with Gasteiger partial charge in [0, 0.05) is 12.1 Å². The summed E-state index contributed by atoms with van der Waals surface area (Å²) in [7, 11) is 0. The molecule has 8 nitrogen and oxygen atoms in total. The van der Waals surface area contributed by atoms with Crippen LogP contribution in [-0.4, -0.2) is 21.5 Å². The SMILES string of the molecule is N=C(/C=C(NCc1ccccc1F)/C(N)=N/N)c1ncc(F)c(=O)[nH]1. The zero-order valence-corrected chi connectivity index (χ0v) is 12.9. The third-order valence-corrected chi connectivity index (χ3v) is 3.14. The lowest BCUT2D eigenvalue weighted by Crippen LogP contribution is -2.29. The van der Waals surface area contributed by atoms with Crippen molar-refractivity contribution in [2.75, 3.05) is 0 Å². The van der Waals surface area contributed by atoms with Crippen LogP contribution in [0.4, 0.5) is 8.78 Å². The molecule has 0 saturated carbocycles. The zero-order valence-electron chi connectivity index (χ0n) is 12.9. The lowest BCUT2D eigenvalue weighted by Gasteiger charge is -2.11. The third kappa shape index (κ3) is 4.47. The smallest absolute Gasteiger partial charge is 0.287 e. The van der Waals surface area contributed by atoms with Gasteiger partial charge in [0.1, 0.15) is 5.82 Å². The number of benzene rings is 1. The van der Waals surface area contributed by atoms with Crippen molar-refractivity contribution in [2.24, 2.45) is 16.7 Å². The number of aromatic nitrogens is 2. The van der Waals surface area contributed by atoms with Crippen molar-refractivity contribution in [2.45, 2.75) is 6.54 Å². The van der Waals surface area contributed by atoms with Crippen molar-refractivity contribution in [3.05, 3.63) is 75.6 Å². The summed E-state index contributed by atoms with van der Waals surface area (Å²) in [6.07, 6.45) is 1.88. The first-order valence-electron chi connectivity index (χ1n) is 6.98. The monoisotopic (exact) mass is 347 g/mol. The van der Waals surface area contributed by atoms with Crippen LogP contribution in [0.5, 0.6) is 0 Å². The van der Waals surface area contributed by atoms with Crippen LogP contribution in [0.15, 0.2) is 52.1 Å². The summed E-state index contributed by atoms with van der Waals surface area (Å²) >= 11 is 0. The minimum absolute atomic E-state index is 0.0510. The molecule has 1 heterocycles. The Labute approximate surface area is 140 Å². The molecule has 0 fully saturated rings. The maximum atomic E-state index is 13.7. The first-order valence-corrected chi connectivity index (χ1v) is 6.98. The zero-order chi connectivity index (χ0) is 18.4. The van der Waals surface area contributed by atoms with Gasteiger partial charge in [0.2, 0.25) is 5.82 Å². The van der Waals surface area contributed by atoms with Crippen molar-refractivity contribution >= 4 is 11.5 Å². The van der Waals surface area contributed by atoms with E-state index in [0.29, 0.717) is 11.8 Å². The fraction of sp³-hybridized carbons (Fsp3) is 0.0667. The van der Waals surface area contributed by atoms with Crippen molar-refractivity contribution < 1.29 is 8.78 Å². The van der Waals surface area contributed by atoms with E-state index in [0.717, 1.165) is 0 Å². The number of hydrogen-bond donors (Lipinski definition) is 5. The molecule has 0 aliphatic rings. The Morgan fingerprint density at radius 1 is 1.36 bits per heavy atom. The molecule has 1 aromatic heterocycles. The first kappa shape index (κ1) is 17.8. The highest BCUT2D eigenvalue weighted by Crippen LogP contribution is 2.07. The molecule has 0 amide bonds. The summed E-state index contributed by atoms with van der Waals surface area (Å²) in [5.41, 5.74) is 4.84. The molecule has 0 bridgehead atoms. The average molecular weight is 347 g/mol. The van der Waals surface area contributed by atoms with E-state index in [1.54, 1.807) is 18.2 Å². The van der Waals surface area contributed by atoms with Gasteiger partial charge in [-0.2, -0.15) is 9.49 Å². The van der Waals surface area contributed by atoms with Crippen LogP contribution < -0.4 is 22.5 Å². The van der Waals surface area contributed by atoms with E-state index in [-0.39, 0.29) is 29.6 Å². The molecule has 2 aromatic rings. The number of rotatable bonds is 6. The van der Waals surface area contributed by atoms with Gasteiger partial charge in [-0.1, -0.05) is 18.2 Å². The number of halogens is 2. The van der Waals surface area contributed by atoms with Gasteiger partial charge in [0.15, 0.2) is 11.7 Å². The predicted octanol–water partition coefficient (Wildman–Crippen LogP) is 0.321. The molecule has 0 unspecified atom stereocenters. The molecular weight excluding hydrogens is 332 g/mol. The van der Waals surface area contributed by atoms with E-state index in [9.17, 15) is 13.6 Å². The summed E-state index contributed by atoms with van der Waals surface area (Å²) in [4.78, 5) is 17.0. The Bertz CT molecular complexity index is 905. The quantitative estimate of drug-likeness (QED) is 0.221. The topological polar surface area (TPSA) is 146 Å². The second kappa shape index (κ2) is 7.81. The fourth-order valence-corrected chi connectivity index (χ4v) is 1.85. The van der Waals surface area contributed by atoms with E-state index in [1.165, 1.54) is 12.1 Å². The number of nitrogens with zero attached hydrogens (tertiary/aromatic N) is 2. The molecule has 0 radical (unpaired) electrons. The van der Waals surface area contributed by atoms with Gasteiger partial charge in [-0.25, -0.2) is 9.37 Å². The molecule has 2 rings (SSSR count). The highest BCUT2D eigenvalue weighted by Gasteiger charge is 2.10. The number of nitrogens with one attached hydrogen (secondary N) is 3. The summed E-state index contributed by atoms with van der Waals surface area (Å²) in [6.45, 7) is 0.0510. The van der Waals surface area contributed by atoms with Crippen molar-refractivity contribution in [1.82, 2.24) is 15.3 Å². The number of allylic oxidation sites excluding steroid dienone is 1. The van der Waals surface area contributed by atoms with Crippen molar-refractivity contribution in [3.63, 3.8) is 0 Å². The van der Waals surface area contributed by atoms with Gasteiger partial charge in [-0.3, -0.25) is 10.2 Å². The molecule has 0 spiro atoms. The normalized spacial score (nSPS) is 12.1. The van der Waals surface area contributed by atoms with Gasteiger partial charge in [-0.15, -0.1) is 0 Å². The largest absolute Gasteiger partial charge is 0.381 e. The van der Waals surface area contributed by atoms with E-state index < -0.39 is 17.2 Å². The number of hydrazone groups is 1. The fourth-order valence-electron chi connectivity index (χ4n) is 1.85. The number of hydrogen-bond acceptors (Lipinski definition) is 6. The van der Waals surface area contributed by atoms with Crippen LogP contribution in [-0.2, 0) is 6.54 Å². The molecule has 0 aliphatic heterocycles. The molecule has 1 aromatic carbocycles.